The summed E-state index contributed by atoms with van der Waals surface area (Å²) in [6.07, 6.45) is 3.26. The lowest BCUT2D eigenvalue weighted by Crippen LogP contribution is -2.06. The van der Waals surface area contributed by atoms with E-state index in [4.69, 9.17) is 5.73 Å². The molecule has 0 saturated heterocycles. The van der Waals surface area contributed by atoms with Gasteiger partial charge in [-0.25, -0.2) is 0 Å². The van der Waals surface area contributed by atoms with Crippen LogP contribution in [0.1, 0.15) is 36.1 Å². The van der Waals surface area contributed by atoms with Crippen molar-refractivity contribution in [2.24, 2.45) is 5.73 Å². The zero-order chi connectivity index (χ0) is 9.42. The summed E-state index contributed by atoms with van der Waals surface area (Å²) >= 11 is 0. The molecule has 2 rings (SSSR count). The normalized spacial score (nSPS) is 17.1. The van der Waals surface area contributed by atoms with Gasteiger partial charge in [0, 0.05) is 11.6 Å². The van der Waals surface area contributed by atoms with Crippen molar-refractivity contribution in [2.75, 3.05) is 0 Å². The minimum atomic E-state index is -0.0779. The van der Waals surface area contributed by atoms with Crippen LogP contribution >= 0.6 is 0 Å². The summed E-state index contributed by atoms with van der Waals surface area (Å²) in [5, 5.41) is 9.90. The second-order valence-electron chi connectivity index (χ2n) is 3.78. The molecule has 1 unspecified atom stereocenters. The molecule has 1 aromatic carbocycles. The molecule has 0 aromatic heterocycles. The molecule has 0 spiro atoms. The van der Waals surface area contributed by atoms with Gasteiger partial charge < -0.3 is 10.8 Å². The summed E-state index contributed by atoms with van der Waals surface area (Å²) in [6, 6.07) is 3.97. The molecule has 0 amide bonds. The van der Waals surface area contributed by atoms with Gasteiger partial charge in [-0.05, 0) is 37.3 Å². The third-order valence-electron chi connectivity index (χ3n) is 2.77. The van der Waals surface area contributed by atoms with Gasteiger partial charge in [-0.2, -0.15) is 0 Å². The molecule has 2 nitrogen and oxygen atoms in total. The zero-order valence-electron chi connectivity index (χ0n) is 7.88. The minimum Gasteiger partial charge on any atom is -0.507 e. The standard InChI is InChI=1S/C11H15NO/c1-7(12)9-6-5-8-3-2-4-10(8)11(9)13/h5-7,13H,2-4,12H2,1H3. The SMILES string of the molecule is CC(N)c1ccc2c(c1O)CCC2. The molecule has 1 aliphatic rings. The highest BCUT2D eigenvalue weighted by atomic mass is 16.3. The van der Waals surface area contributed by atoms with Crippen LogP contribution in [0.15, 0.2) is 12.1 Å². The van der Waals surface area contributed by atoms with Crippen molar-refractivity contribution in [3.63, 3.8) is 0 Å². The Bertz CT molecular complexity index is 331. The van der Waals surface area contributed by atoms with Crippen molar-refractivity contribution in [1.82, 2.24) is 0 Å². The second-order valence-corrected chi connectivity index (χ2v) is 3.78. The maximum absolute atomic E-state index is 9.90. The number of hydrogen-bond acceptors (Lipinski definition) is 2. The average Bonchev–Trinajstić information content (AvgIpc) is 2.52. The molecule has 1 aliphatic carbocycles. The van der Waals surface area contributed by atoms with Crippen molar-refractivity contribution >= 4 is 0 Å². The van der Waals surface area contributed by atoms with Gasteiger partial charge >= 0.3 is 0 Å². The summed E-state index contributed by atoms with van der Waals surface area (Å²) in [7, 11) is 0. The van der Waals surface area contributed by atoms with Crippen molar-refractivity contribution < 1.29 is 5.11 Å². The molecule has 13 heavy (non-hydrogen) atoms. The van der Waals surface area contributed by atoms with E-state index in [9.17, 15) is 5.11 Å². The van der Waals surface area contributed by atoms with Crippen molar-refractivity contribution in [3.05, 3.63) is 28.8 Å². The van der Waals surface area contributed by atoms with Crippen LogP contribution in [-0.4, -0.2) is 5.11 Å². The lowest BCUT2D eigenvalue weighted by molar-refractivity contribution is 0.457. The Morgan fingerprint density at radius 3 is 2.85 bits per heavy atom. The number of benzene rings is 1. The maximum atomic E-state index is 9.90. The first-order valence-corrected chi connectivity index (χ1v) is 4.79. The lowest BCUT2D eigenvalue weighted by Gasteiger charge is -2.11. The van der Waals surface area contributed by atoms with Gasteiger partial charge in [0.25, 0.3) is 0 Å². The smallest absolute Gasteiger partial charge is 0.123 e. The molecule has 70 valence electrons. The first-order chi connectivity index (χ1) is 6.20. The molecule has 2 heteroatoms. The van der Waals surface area contributed by atoms with Crippen molar-refractivity contribution in [1.29, 1.82) is 0 Å². The number of phenols is 1. The third-order valence-corrected chi connectivity index (χ3v) is 2.77. The number of aryl methyl sites for hydroxylation is 1. The summed E-state index contributed by atoms with van der Waals surface area (Å²) in [4.78, 5) is 0. The number of hydrogen-bond donors (Lipinski definition) is 2. The molecule has 0 bridgehead atoms. The fourth-order valence-electron chi connectivity index (χ4n) is 2.03. The van der Waals surface area contributed by atoms with Gasteiger partial charge in [0.05, 0.1) is 0 Å². The van der Waals surface area contributed by atoms with Crippen molar-refractivity contribution in [2.45, 2.75) is 32.2 Å². The van der Waals surface area contributed by atoms with E-state index in [2.05, 4.69) is 6.07 Å². The van der Waals surface area contributed by atoms with Crippen LogP contribution in [0.4, 0.5) is 0 Å². The van der Waals surface area contributed by atoms with E-state index in [1.165, 1.54) is 5.56 Å². The Kier molecular flexibility index (Phi) is 2.00. The van der Waals surface area contributed by atoms with Crippen LogP contribution in [0.5, 0.6) is 5.75 Å². The van der Waals surface area contributed by atoms with Gasteiger partial charge in [-0.1, -0.05) is 12.1 Å². The van der Waals surface area contributed by atoms with Crippen LogP contribution in [0.2, 0.25) is 0 Å². The molecule has 1 aromatic rings. The number of fused-ring (bicyclic) bond motifs is 1. The highest BCUT2D eigenvalue weighted by molar-refractivity contribution is 5.48. The Morgan fingerprint density at radius 1 is 1.38 bits per heavy atom. The Hall–Kier alpha value is -1.02. The van der Waals surface area contributed by atoms with Crippen LogP contribution in [0.3, 0.4) is 0 Å². The van der Waals surface area contributed by atoms with Gasteiger partial charge in [0.15, 0.2) is 0 Å². The highest BCUT2D eigenvalue weighted by Crippen LogP contribution is 2.34. The average molecular weight is 177 g/mol. The molecular weight excluding hydrogens is 162 g/mol. The molecule has 0 radical (unpaired) electrons. The number of aromatic hydroxyl groups is 1. The fourth-order valence-corrected chi connectivity index (χ4v) is 2.03. The van der Waals surface area contributed by atoms with Crippen LogP contribution in [0.25, 0.3) is 0 Å². The predicted molar refractivity (Wildman–Crippen MR) is 52.7 cm³/mol. The van der Waals surface area contributed by atoms with E-state index in [1.54, 1.807) is 0 Å². The van der Waals surface area contributed by atoms with Crippen LogP contribution in [-0.2, 0) is 12.8 Å². The number of nitrogens with two attached hydrogens (primary N) is 1. The van der Waals surface area contributed by atoms with Crippen LogP contribution in [0, 0.1) is 0 Å². The summed E-state index contributed by atoms with van der Waals surface area (Å²) < 4.78 is 0. The Labute approximate surface area is 78.4 Å². The van der Waals surface area contributed by atoms with Gasteiger partial charge in [0.1, 0.15) is 5.75 Å². The van der Waals surface area contributed by atoms with E-state index < -0.39 is 0 Å². The minimum absolute atomic E-state index is 0.0779. The largest absolute Gasteiger partial charge is 0.507 e. The first kappa shape index (κ1) is 8.57. The maximum Gasteiger partial charge on any atom is 0.123 e. The van der Waals surface area contributed by atoms with Crippen molar-refractivity contribution in [3.8, 4) is 5.75 Å². The van der Waals surface area contributed by atoms with E-state index in [0.717, 1.165) is 30.4 Å². The fraction of sp³-hybridized carbons (Fsp3) is 0.455. The molecule has 0 aliphatic heterocycles. The Balaban J connectivity index is 2.52. The zero-order valence-corrected chi connectivity index (χ0v) is 7.88. The molecule has 3 N–H and O–H groups in total. The van der Waals surface area contributed by atoms with E-state index in [1.807, 2.05) is 13.0 Å². The van der Waals surface area contributed by atoms with Gasteiger partial charge in [-0.3, -0.25) is 0 Å². The van der Waals surface area contributed by atoms with Gasteiger partial charge in [-0.15, -0.1) is 0 Å². The molecule has 1 atom stereocenters. The predicted octanol–water partition coefficient (Wildman–Crippen LogP) is 1.90. The Morgan fingerprint density at radius 2 is 2.15 bits per heavy atom. The lowest BCUT2D eigenvalue weighted by atomic mass is 10.0. The topological polar surface area (TPSA) is 46.2 Å². The monoisotopic (exact) mass is 177 g/mol. The van der Waals surface area contributed by atoms with E-state index in [0.29, 0.717) is 5.75 Å². The van der Waals surface area contributed by atoms with E-state index >= 15 is 0 Å². The summed E-state index contributed by atoms with van der Waals surface area (Å²) in [5.41, 5.74) is 9.04. The molecule has 0 fully saturated rings. The summed E-state index contributed by atoms with van der Waals surface area (Å²) in [6.45, 7) is 1.90. The molecular formula is C11H15NO. The number of phenolic OH excluding ortho intramolecular Hbond substituents is 1. The van der Waals surface area contributed by atoms with Crippen LogP contribution < -0.4 is 5.73 Å². The third kappa shape index (κ3) is 1.31. The highest BCUT2D eigenvalue weighted by Gasteiger charge is 2.18. The van der Waals surface area contributed by atoms with E-state index in [-0.39, 0.29) is 6.04 Å². The molecule has 0 saturated carbocycles. The quantitative estimate of drug-likeness (QED) is 0.688. The molecule has 0 heterocycles. The number of rotatable bonds is 1. The first-order valence-electron chi connectivity index (χ1n) is 4.79. The summed E-state index contributed by atoms with van der Waals surface area (Å²) in [5.74, 6) is 0.435. The second kappa shape index (κ2) is 3.04. The van der Waals surface area contributed by atoms with Gasteiger partial charge in [0.2, 0.25) is 0 Å².